The summed E-state index contributed by atoms with van der Waals surface area (Å²) in [7, 11) is 1.57. The van der Waals surface area contributed by atoms with Crippen LogP contribution in [0.25, 0.3) is 0 Å². The average Bonchev–Trinajstić information content (AvgIpc) is 2.75. The number of methoxy groups -OCH3 is 1. The van der Waals surface area contributed by atoms with E-state index < -0.39 is 6.10 Å². The molecule has 0 saturated carbocycles. The lowest BCUT2D eigenvalue weighted by Gasteiger charge is -2.14. The molecular formula is C12H10BrClO2S. The number of rotatable bonds is 3. The molecule has 0 aliphatic heterocycles. The minimum absolute atomic E-state index is 0.578. The normalized spacial score (nSPS) is 12.5. The predicted octanol–water partition coefficient (Wildman–Crippen LogP) is 4.25. The van der Waals surface area contributed by atoms with Crippen molar-refractivity contribution in [2.75, 3.05) is 7.11 Å². The largest absolute Gasteiger partial charge is 0.496 e. The molecule has 0 aliphatic carbocycles. The van der Waals surface area contributed by atoms with Gasteiger partial charge >= 0.3 is 0 Å². The summed E-state index contributed by atoms with van der Waals surface area (Å²) < 4.78 is 6.20. The highest BCUT2D eigenvalue weighted by molar-refractivity contribution is 9.11. The van der Waals surface area contributed by atoms with Crippen LogP contribution >= 0.6 is 38.9 Å². The van der Waals surface area contributed by atoms with Crippen LogP contribution < -0.4 is 4.74 Å². The smallest absolute Gasteiger partial charge is 0.125 e. The number of aliphatic hydroxyl groups excluding tert-OH is 1. The lowest BCUT2D eigenvalue weighted by atomic mass is 10.0. The van der Waals surface area contributed by atoms with Crippen molar-refractivity contribution in [1.82, 2.24) is 0 Å². The molecule has 0 saturated heterocycles. The standard InChI is InChI=1S/C12H10BrClO2S/c1-16-10-3-2-8(14)5-9(10)12(15)7-4-11(13)17-6-7/h2-6,12,15H,1H3. The Hall–Kier alpha value is -0.550. The van der Waals surface area contributed by atoms with Crippen LogP contribution in [0, 0.1) is 0 Å². The van der Waals surface area contributed by atoms with Gasteiger partial charge in [-0.2, -0.15) is 0 Å². The van der Waals surface area contributed by atoms with Crippen molar-refractivity contribution in [3.8, 4) is 5.75 Å². The van der Waals surface area contributed by atoms with Gasteiger partial charge in [-0.3, -0.25) is 0 Å². The first kappa shape index (κ1) is 12.9. The van der Waals surface area contributed by atoms with Crippen molar-refractivity contribution in [3.05, 3.63) is 49.6 Å². The number of aliphatic hydroxyl groups is 1. The van der Waals surface area contributed by atoms with Crippen LogP contribution in [0.4, 0.5) is 0 Å². The number of ether oxygens (including phenoxy) is 1. The molecule has 1 heterocycles. The molecule has 2 rings (SSSR count). The van der Waals surface area contributed by atoms with Crippen molar-refractivity contribution in [2.45, 2.75) is 6.10 Å². The van der Waals surface area contributed by atoms with Crippen LogP contribution in [0.1, 0.15) is 17.2 Å². The third kappa shape index (κ3) is 2.83. The Kier molecular flexibility index (Phi) is 4.09. The molecule has 0 radical (unpaired) electrons. The fourth-order valence-electron chi connectivity index (χ4n) is 1.57. The van der Waals surface area contributed by atoms with Crippen LogP contribution in [0.2, 0.25) is 5.02 Å². The maximum absolute atomic E-state index is 10.3. The van der Waals surface area contributed by atoms with Crippen LogP contribution in [-0.4, -0.2) is 12.2 Å². The van der Waals surface area contributed by atoms with Crippen molar-refractivity contribution < 1.29 is 9.84 Å². The first-order valence-corrected chi connectivity index (χ1v) is 6.92. The zero-order chi connectivity index (χ0) is 12.4. The summed E-state index contributed by atoms with van der Waals surface area (Å²) >= 11 is 10.8. The molecule has 17 heavy (non-hydrogen) atoms. The summed E-state index contributed by atoms with van der Waals surface area (Å²) in [6, 6.07) is 7.09. The second-order valence-electron chi connectivity index (χ2n) is 3.47. The molecule has 0 fully saturated rings. The van der Waals surface area contributed by atoms with Crippen molar-refractivity contribution in [2.24, 2.45) is 0 Å². The molecular weight excluding hydrogens is 324 g/mol. The third-order valence-corrected chi connectivity index (χ3v) is 4.15. The van der Waals surface area contributed by atoms with E-state index in [-0.39, 0.29) is 0 Å². The monoisotopic (exact) mass is 332 g/mol. The zero-order valence-corrected chi connectivity index (χ0v) is 12.1. The SMILES string of the molecule is COc1ccc(Cl)cc1C(O)c1csc(Br)c1. The number of halogens is 2. The quantitative estimate of drug-likeness (QED) is 0.909. The van der Waals surface area contributed by atoms with Crippen LogP contribution in [0.3, 0.4) is 0 Å². The lowest BCUT2D eigenvalue weighted by molar-refractivity contribution is 0.215. The first-order chi connectivity index (χ1) is 8.11. The summed E-state index contributed by atoms with van der Waals surface area (Å²) in [5, 5.41) is 12.8. The molecule has 2 aromatic rings. The number of thiophene rings is 1. The summed E-state index contributed by atoms with van der Waals surface area (Å²) in [6.07, 6.45) is -0.730. The van der Waals surface area contributed by atoms with Gasteiger partial charge in [0.2, 0.25) is 0 Å². The highest BCUT2D eigenvalue weighted by Crippen LogP contribution is 2.35. The molecule has 1 unspecified atom stereocenters. The molecule has 90 valence electrons. The van der Waals surface area contributed by atoms with Gasteiger partial charge in [-0.25, -0.2) is 0 Å². The molecule has 1 aromatic heterocycles. The van der Waals surface area contributed by atoms with Gasteiger partial charge < -0.3 is 9.84 Å². The second-order valence-corrected chi connectivity index (χ2v) is 6.20. The van der Waals surface area contributed by atoms with E-state index in [1.807, 2.05) is 11.4 Å². The van der Waals surface area contributed by atoms with E-state index in [4.69, 9.17) is 16.3 Å². The highest BCUT2D eigenvalue weighted by atomic mass is 79.9. The molecule has 2 nitrogen and oxygen atoms in total. The number of hydrogen-bond acceptors (Lipinski definition) is 3. The van der Waals surface area contributed by atoms with Crippen molar-refractivity contribution in [3.63, 3.8) is 0 Å². The third-order valence-electron chi connectivity index (χ3n) is 2.39. The van der Waals surface area contributed by atoms with Crippen LogP contribution in [-0.2, 0) is 0 Å². The van der Waals surface area contributed by atoms with E-state index in [0.29, 0.717) is 16.3 Å². The molecule has 0 spiro atoms. The predicted molar refractivity (Wildman–Crippen MR) is 74.1 cm³/mol. The summed E-state index contributed by atoms with van der Waals surface area (Å²) in [6.45, 7) is 0. The van der Waals surface area contributed by atoms with Gasteiger partial charge in [0.25, 0.3) is 0 Å². The van der Waals surface area contributed by atoms with E-state index in [1.165, 1.54) is 11.3 Å². The molecule has 0 bridgehead atoms. The minimum atomic E-state index is -0.730. The molecule has 0 amide bonds. The van der Waals surface area contributed by atoms with Gasteiger partial charge in [0.1, 0.15) is 11.9 Å². The Morgan fingerprint density at radius 3 is 2.76 bits per heavy atom. The summed E-state index contributed by atoms with van der Waals surface area (Å²) in [5.74, 6) is 0.629. The highest BCUT2D eigenvalue weighted by Gasteiger charge is 2.17. The Morgan fingerprint density at radius 1 is 1.41 bits per heavy atom. The van der Waals surface area contributed by atoms with Crippen LogP contribution in [0.5, 0.6) is 5.75 Å². The number of benzene rings is 1. The minimum Gasteiger partial charge on any atom is -0.496 e. The summed E-state index contributed by atoms with van der Waals surface area (Å²) in [4.78, 5) is 0. The Balaban J connectivity index is 2.42. The molecule has 0 aliphatic rings. The molecule has 1 atom stereocenters. The average molecular weight is 334 g/mol. The number of hydrogen-bond donors (Lipinski definition) is 1. The van der Waals surface area contributed by atoms with E-state index in [1.54, 1.807) is 25.3 Å². The fraction of sp³-hybridized carbons (Fsp3) is 0.167. The zero-order valence-electron chi connectivity index (χ0n) is 8.98. The molecule has 1 N–H and O–H groups in total. The van der Waals surface area contributed by atoms with Gasteiger partial charge in [0.15, 0.2) is 0 Å². The van der Waals surface area contributed by atoms with Crippen molar-refractivity contribution in [1.29, 1.82) is 0 Å². The fourth-order valence-corrected chi connectivity index (χ4v) is 2.94. The van der Waals surface area contributed by atoms with E-state index in [9.17, 15) is 5.11 Å². The molecule has 1 aromatic carbocycles. The Morgan fingerprint density at radius 2 is 2.18 bits per heavy atom. The summed E-state index contributed by atoms with van der Waals surface area (Å²) in [5.41, 5.74) is 1.49. The van der Waals surface area contributed by atoms with E-state index in [0.717, 1.165) is 9.35 Å². The van der Waals surface area contributed by atoms with Crippen molar-refractivity contribution >= 4 is 38.9 Å². The Labute approximate surface area is 117 Å². The topological polar surface area (TPSA) is 29.5 Å². The van der Waals surface area contributed by atoms with Gasteiger partial charge in [-0.1, -0.05) is 11.6 Å². The van der Waals surface area contributed by atoms with Crippen LogP contribution in [0.15, 0.2) is 33.4 Å². The lowest BCUT2D eigenvalue weighted by Crippen LogP contribution is -2.01. The second kappa shape index (κ2) is 5.40. The van der Waals surface area contributed by atoms with Gasteiger partial charge in [0.05, 0.1) is 10.9 Å². The first-order valence-electron chi connectivity index (χ1n) is 4.87. The van der Waals surface area contributed by atoms with E-state index in [2.05, 4.69) is 15.9 Å². The van der Waals surface area contributed by atoms with Gasteiger partial charge in [0, 0.05) is 10.6 Å². The van der Waals surface area contributed by atoms with Gasteiger partial charge in [-0.15, -0.1) is 11.3 Å². The Bertz CT molecular complexity index is 527. The maximum Gasteiger partial charge on any atom is 0.125 e. The molecule has 5 heteroatoms. The van der Waals surface area contributed by atoms with E-state index >= 15 is 0 Å². The maximum atomic E-state index is 10.3. The van der Waals surface area contributed by atoms with Gasteiger partial charge in [-0.05, 0) is 51.1 Å².